The molecule has 286 valence electrons. The maximum atomic E-state index is 12.7. The van der Waals surface area contributed by atoms with Crippen LogP contribution in [0.5, 0.6) is 0 Å². The summed E-state index contributed by atoms with van der Waals surface area (Å²) in [6, 6.07) is 0. The summed E-state index contributed by atoms with van der Waals surface area (Å²) >= 11 is 0. The fourth-order valence-electron chi connectivity index (χ4n) is 5.59. The SMILES string of the molecule is CCCC/C=C\CCCCCCCC(=O)OCC(COC)(COC(=O)CCCCCCC)COC(=O)CCCCCCC/C=C\CCCC. The molecular weight excluding hydrogens is 616 g/mol. The van der Waals surface area contributed by atoms with Crippen molar-refractivity contribution in [1.29, 1.82) is 0 Å². The molecule has 0 fully saturated rings. The van der Waals surface area contributed by atoms with Gasteiger partial charge < -0.3 is 18.9 Å². The second-order valence-corrected chi connectivity index (χ2v) is 13.9. The second-order valence-electron chi connectivity index (χ2n) is 13.9. The summed E-state index contributed by atoms with van der Waals surface area (Å²) in [7, 11) is 1.55. The molecule has 7 nitrogen and oxygen atoms in total. The normalized spacial score (nSPS) is 11.8. The molecule has 0 spiro atoms. The topological polar surface area (TPSA) is 88.1 Å². The number of methoxy groups -OCH3 is 1. The molecule has 0 saturated heterocycles. The molecule has 0 radical (unpaired) electrons. The minimum atomic E-state index is -0.951. The number of carbonyl (C=O) groups excluding carboxylic acids is 3. The van der Waals surface area contributed by atoms with Crippen LogP contribution in [0, 0.1) is 5.41 Å². The Morgan fingerprint density at radius 2 is 0.714 bits per heavy atom. The van der Waals surface area contributed by atoms with Gasteiger partial charge in [0.15, 0.2) is 0 Å². The first-order chi connectivity index (χ1) is 23.9. The van der Waals surface area contributed by atoms with Crippen molar-refractivity contribution in [2.75, 3.05) is 33.5 Å². The van der Waals surface area contributed by atoms with E-state index in [9.17, 15) is 14.4 Å². The first-order valence-electron chi connectivity index (χ1n) is 20.2. The van der Waals surface area contributed by atoms with Crippen molar-refractivity contribution in [3.05, 3.63) is 24.3 Å². The van der Waals surface area contributed by atoms with E-state index in [4.69, 9.17) is 18.9 Å². The second kappa shape index (κ2) is 35.7. The van der Waals surface area contributed by atoms with Crippen LogP contribution in [0.15, 0.2) is 24.3 Å². The number of rotatable bonds is 36. The van der Waals surface area contributed by atoms with Gasteiger partial charge in [0, 0.05) is 26.4 Å². The van der Waals surface area contributed by atoms with Crippen LogP contribution < -0.4 is 0 Å². The van der Waals surface area contributed by atoms with Gasteiger partial charge >= 0.3 is 17.9 Å². The highest BCUT2D eigenvalue weighted by molar-refractivity contribution is 5.70. The van der Waals surface area contributed by atoms with Crippen LogP contribution in [0.4, 0.5) is 0 Å². The van der Waals surface area contributed by atoms with Crippen LogP contribution in [-0.4, -0.2) is 51.4 Å². The molecule has 0 aromatic heterocycles. The highest BCUT2D eigenvalue weighted by atomic mass is 16.6. The van der Waals surface area contributed by atoms with Crippen molar-refractivity contribution in [2.45, 2.75) is 188 Å². The number of ether oxygens (including phenoxy) is 4. The van der Waals surface area contributed by atoms with Crippen molar-refractivity contribution in [3.63, 3.8) is 0 Å². The minimum Gasteiger partial charge on any atom is -0.465 e. The number of carbonyl (C=O) groups is 3. The standard InChI is InChI=1S/C42H76O7/c1-5-8-11-14-16-18-20-22-24-27-30-33-40(44)48-37-42(35-46-4,36-47-39(43)32-29-26-13-10-7-3)38-49-41(45)34-31-28-25-23-21-19-17-15-12-9-6-2/h14-17H,5-13,18-38H2,1-4H3/b16-14-,17-15-. The minimum absolute atomic E-state index is 0.0328. The lowest BCUT2D eigenvalue weighted by atomic mass is 9.92. The van der Waals surface area contributed by atoms with Gasteiger partial charge in [-0.1, -0.05) is 135 Å². The maximum Gasteiger partial charge on any atom is 0.305 e. The van der Waals surface area contributed by atoms with E-state index in [1.165, 1.54) is 51.4 Å². The Morgan fingerprint density at radius 3 is 1.06 bits per heavy atom. The van der Waals surface area contributed by atoms with E-state index < -0.39 is 5.41 Å². The van der Waals surface area contributed by atoms with Crippen molar-refractivity contribution < 1.29 is 33.3 Å². The molecule has 0 aliphatic heterocycles. The number of unbranched alkanes of at least 4 members (excludes halogenated alkanes) is 18. The summed E-state index contributed by atoms with van der Waals surface area (Å²) in [4.78, 5) is 38.0. The fraction of sp³-hybridized carbons (Fsp3) is 0.833. The predicted molar refractivity (Wildman–Crippen MR) is 203 cm³/mol. The van der Waals surface area contributed by atoms with Gasteiger partial charge in [-0.05, 0) is 57.8 Å². The fourth-order valence-corrected chi connectivity index (χ4v) is 5.59. The van der Waals surface area contributed by atoms with Gasteiger partial charge in [-0.25, -0.2) is 0 Å². The molecule has 0 aliphatic carbocycles. The molecule has 0 aromatic carbocycles. The Balaban J connectivity index is 4.74. The van der Waals surface area contributed by atoms with Gasteiger partial charge in [0.05, 0.1) is 12.0 Å². The quantitative estimate of drug-likeness (QED) is 0.0279. The van der Waals surface area contributed by atoms with Crippen molar-refractivity contribution >= 4 is 17.9 Å². The first-order valence-corrected chi connectivity index (χ1v) is 20.2. The van der Waals surface area contributed by atoms with Gasteiger partial charge in [0.25, 0.3) is 0 Å². The largest absolute Gasteiger partial charge is 0.465 e. The van der Waals surface area contributed by atoms with Crippen LogP contribution in [0.3, 0.4) is 0 Å². The van der Waals surface area contributed by atoms with Crippen molar-refractivity contribution in [3.8, 4) is 0 Å². The highest BCUT2D eigenvalue weighted by Crippen LogP contribution is 2.23. The van der Waals surface area contributed by atoms with Gasteiger partial charge in [-0.15, -0.1) is 0 Å². The zero-order valence-electron chi connectivity index (χ0n) is 32.4. The van der Waals surface area contributed by atoms with E-state index in [2.05, 4.69) is 45.1 Å². The third-order valence-corrected chi connectivity index (χ3v) is 8.84. The highest BCUT2D eigenvalue weighted by Gasteiger charge is 2.36. The smallest absolute Gasteiger partial charge is 0.305 e. The lowest BCUT2D eigenvalue weighted by molar-refractivity contribution is -0.166. The molecule has 0 amide bonds. The summed E-state index contributed by atoms with van der Waals surface area (Å²) < 4.78 is 22.6. The molecule has 0 saturated carbocycles. The molecular formula is C42H76O7. The summed E-state index contributed by atoms with van der Waals surface area (Å²) in [6.07, 6.45) is 35.4. The predicted octanol–water partition coefficient (Wildman–Crippen LogP) is 11.6. The molecule has 0 aromatic rings. The lowest BCUT2D eigenvalue weighted by Crippen LogP contribution is -2.43. The number of hydrogen-bond acceptors (Lipinski definition) is 7. The molecule has 0 bridgehead atoms. The van der Waals surface area contributed by atoms with E-state index >= 15 is 0 Å². The first kappa shape index (κ1) is 46.9. The summed E-state index contributed by atoms with van der Waals surface area (Å²) in [5.74, 6) is -0.865. The van der Waals surface area contributed by atoms with Crippen LogP contribution in [0.2, 0.25) is 0 Å². The van der Waals surface area contributed by atoms with Gasteiger partial charge in [0.2, 0.25) is 0 Å². The molecule has 0 N–H and O–H groups in total. The molecule has 0 aliphatic rings. The molecule has 0 atom stereocenters. The van der Waals surface area contributed by atoms with Crippen LogP contribution in [-0.2, 0) is 33.3 Å². The third kappa shape index (κ3) is 31.6. The van der Waals surface area contributed by atoms with Gasteiger partial charge in [-0.2, -0.15) is 0 Å². The Hall–Kier alpha value is -2.15. The van der Waals surface area contributed by atoms with Crippen molar-refractivity contribution in [2.24, 2.45) is 5.41 Å². The van der Waals surface area contributed by atoms with E-state index in [0.29, 0.717) is 19.3 Å². The Bertz CT molecular complexity index is 787. The number of hydrogen-bond donors (Lipinski definition) is 0. The lowest BCUT2D eigenvalue weighted by Gasteiger charge is -2.31. The average Bonchev–Trinajstić information content (AvgIpc) is 3.10. The molecule has 49 heavy (non-hydrogen) atoms. The van der Waals surface area contributed by atoms with Crippen LogP contribution >= 0.6 is 0 Å². The summed E-state index contributed by atoms with van der Waals surface area (Å²) in [6.45, 7) is 6.62. The van der Waals surface area contributed by atoms with Gasteiger partial charge in [0.1, 0.15) is 19.8 Å². The maximum absolute atomic E-state index is 12.7. The van der Waals surface area contributed by atoms with E-state index in [-0.39, 0.29) is 44.3 Å². The van der Waals surface area contributed by atoms with E-state index in [0.717, 1.165) is 96.3 Å². The Kier molecular flexibility index (Phi) is 34.1. The van der Waals surface area contributed by atoms with E-state index in [1.54, 1.807) is 7.11 Å². The number of allylic oxidation sites excluding steroid dienone is 4. The Labute approximate surface area is 301 Å². The Morgan fingerprint density at radius 1 is 0.408 bits per heavy atom. The summed E-state index contributed by atoms with van der Waals surface area (Å²) in [5.41, 5.74) is -0.951. The monoisotopic (exact) mass is 693 g/mol. The van der Waals surface area contributed by atoms with Crippen molar-refractivity contribution in [1.82, 2.24) is 0 Å². The van der Waals surface area contributed by atoms with Crippen LogP contribution in [0.25, 0.3) is 0 Å². The van der Waals surface area contributed by atoms with E-state index in [1.807, 2.05) is 0 Å². The molecule has 0 heterocycles. The third-order valence-electron chi connectivity index (χ3n) is 8.84. The molecule has 0 unspecified atom stereocenters. The number of esters is 3. The van der Waals surface area contributed by atoms with Gasteiger partial charge in [-0.3, -0.25) is 14.4 Å². The zero-order chi connectivity index (χ0) is 36.1. The average molecular weight is 693 g/mol. The summed E-state index contributed by atoms with van der Waals surface area (Å²) in [5, 5.41) is 0. The van der Waals surface area contributed by atoms with Crippen LogP contribution in [0.1, 0.15) is 188 Å². The molecule has 7 heteroatoms. The zero-order valence-corrected chi connectivity index (χ0v) is 32.4. The molecule has 0 rings (SSSR count).